The molecule has 2 rings (SSSR count). The summed E-state index contributed by atoms with van der Waals surface area (Å²) in [6.07, 6.45) is 2.86. The van der Waals surface area contributed by atoms with Crippen LogP contribution >= 0.6 is 11.3 Å². The number of nitrogens with zero attached hydrogens (tertiary/aromatic N) is 4. The first-order valence-corrected chi connectivity index (χ1v) is 6.13. The third-order valence-electron chi connectivity index (χ3n) is 2.32. The average molecular weight is 281 g/mol. The summed E-state index contributed by atoms with van der Waals surface area (Å²) in [6, 6.07) is -0.209. The van der Waals surface area contributed by atoms with Gasteiger partial charge in [-0.3, -0.25) is 10.1 Å². The van der Waals surface area contributed by atoms with E-state index < -0.39 is 4.92 Å². The first-order valence-electron chi connectivity index (χ1n) is 5.25. The highest BCUT2D eigenvalue weighted by Gasteiger charge is 2.24. The molecular formula is C9H11N7O2S. The van der Waals surface area contributed by atoms with Crippen LogP contribution in [0.1, 0.15) is 18.0 Å². The molecule has 0 saturated carbocycles. The lowest BCUT2D eigenvalue weighted by Gasteiger charge is -2.12. The maximum atomic E-state index is 11.0. The molecule has 1 atom stereocenters. The number of nitrogens with one attached hydrogen (secondary N) is 2. The first kappa shape index (κ1) is 13.1. The van der Waals surface area contributed by atoms with Crippen LogP contribution in [0.2, 0.25) is 0 Å². The summed E-state index contributed by atoms with van der Waals surface area (Å²) in [6.45, 7) is 1.83. The van der Waals surface area contributed by atoms with E-state index in [9.17, 15) is 10.1 Å². The van der Waals surface area contributed by atoms with E-state index in [4.69, 9.17) is 5.84 Å². The number of nitrogens with two attached hydrogens (primary N) is 1. The second-order valence-corrected chi connectivity index (χ2v) is 4.48. The fourth-order valence-corrected chi connectivity index (χ4v) is 2.12. The highest BCUT2D eigenvalue weighted by molar-refractivity contribution is 7.09. The fraction of sp³-hybridized carbons (Fsp3) is 0.222. The van der Waals surface area contributed by atoms with Crippen LogP contribution in [0, 0.1) is 10.1 Å². The van der Waals surface area contributed by atoms with Crippen molar-refractivity contribution >= 4 is 28.7 Å². The molecule has 0 bridgehead atoms. The SMILES string of the molecule is CC(Nc1ncnc(NN)c1[N+](=O)[O-])c1nccs1. The van der Waals surface area contributed by atoms with Crippen LogP contribution in [0.5, 0.6) is 0 Å². The van der Waals surface area contributed by atoms with Crippen molar-refractivity contribution in [1.29, 1.82) is 0 Å². The normalized spacial score (nSPS) is 11.9. The summed E-state index contributed by atoms with van der Waals surface area (Å²) in [5, 5.41) is 16.6. The number of hydrogen-bond donors (Lipinski definition) is 3. The van der Waals surface area contributed by atoms with Crippen LogP contribution in [0.3, 0.4) is 0 Å². The van der Waals surface area contributed by atoms with E-state index in [1.165, 1.54) is 17.7 Å². The molecule has 2 aromatic heterocycles. The Hall–Kier alpha value is -2.33. The van der Waals surface area contributed by atoms with Crippen molar-refractivity contribution in [2.24, 2.45) is 5.84 Å². The second kappa shape index (κ2) is 5.54. The molecule has 1 unspecified atom stereocenters. The Bertz CT molecular complexity index is 574. The largest absolute Gasteiger partial charge is 0.355 e. The molecule has 0 aliphatic rings. The summed E-state index contributed by atoms with van der Waals surface area (Å²) >= 11 is 1.45. The molecule has 0 amide bonds. The quantitative estimate of drug-likeness (QED) is 0.424. The third kappa shape index (κ3) is 2.74. The van der Waals surface area contributed by atoms with Gasteiger partial charge in [-0.1, -0.05) is 0 Å². The number of nitro groups is 1. The molecule has 0 aromatic carbocycles. The zero-order valence-electron chi connectivity index (χ0n) is 9.90. The topological polar surface area (TPSA) is 132 Å². The van der Waals surface area contributed by atoms with Gasteiger partial charge in [-0.05, 0) is 6.92 Å². The molecule has 10 heteroatoms. The first-order chi connectivity index (χ1) is 9.13. The van der Waals surface area contributed by atoms with Gasteiger partial charge in [-0.25, -0.2) is 20.8 Å². The number of anilines is 2. The van der Waals surface area contributed by atoms with Crippen molar-refractivity contribution in [1.82, 2.24) is 15.0 Å². The minimum atomic E-state index is -0.591. The number of rotatable bonds is 5. The number of aromatic nitrogens is 3. The van der Waals surface area contributed by atoms with Crippen molar-refractivity contribution in [2.75, 3.05) is 10.7 Å². The molecule has 0 aliphatic carbocycles. The van der Waals surface area contributed by atoms with Crippen LogP contribution in [-0.2, 0) is 0 Å². The molecule has 0 aliphatic heterocycles. The molecule has 0 radical (unpaired) electrons. The summed E-state index contributed by atoms with van der Waals surface area (Å²) in [7, 11) is 0. The van der Waals surface area contributed by atoms with Gasteiger partial charge >= 0.3 is 5.69 Å². The summed E-state index contributed by atoms with van der Waals surface area (Å²) in [5.74, 6) is 5.25. The molecule has 0 fully saturated rings. The lowest BCUT2D eigenvalue weighted by Crippen LogP contribution is -2.15. The second-order valence-electron chi connectivity index (χ2n) is 3.56. The zero-order chi connectivity index (χ0) is 13.8. The average Bonchev–Trinajstić information content (AvgIpc) is 2.92. The lowest BCUT2D eigenvalue weighted by molar-refractivity contribution is -0.383. The van der Waals surface area contributed by atoms with Crippen molar-refractivity contribution in [2.45, 2.75) is 13.0 Å². The lowest BCUT2D eigenvalue weighted by atomic mass is 10.3. The third-order valence-corrected chi connectivity index (χ3v) is 3.27. The Morgan fingerprint density at radius 2 is 2.16 bits per heavy atom. The van der Waals surface area contributed by atoms with Crippen LogP contribution < -0.4 is 16.6 Å². The predicted molar refractivity (Wildman–Crippen MR) is 70.6 cm³/mol. The van der Waals surface area contributed by atoms with Gasteiger partial charge in [0, 0.05) is 11.6 Å². The minimum absolute atomic E-state index is 0.0474. The Kier molecular flexibility index (Phi) is 3.82. The molecular weight excluding hydrogens is 270 g/mol. The molecule has 0 saturated heterocycles. The van der Waals surface area contributed by atoms with E-state index in [2.05, 4.69) is 25.7 Å². The summed E-state index contributed by atoms with van der Waals surface area (Å²) < 4.78 is 0. The van der Waals surface area contributed by atoms with E-state index in [1.807, 2.05) is 12.3 Å². The smallest absolute Gasteiger partial charge is 0.354 e. The molecule has 0 spiro atoms. The minimum Gasteiger partial charge on any atom is -0.355 e. The van der Waals surface area contributed by atoms with Crippen molar-refractivity contribution < 1.29 is 4.92 Å². The number of thiazole rings is 1. The zero-order valence-corrected chi connectivity index (χ0v) is 10.7. The van der Waals surface area contributed by atoms with Crippen LogP contribution in [0.4, 0.5) is 17.3 Å². The molecule has 2 aromatic rings. The van der Waals surface area contributed by atoms with Crippen molar-refractivity contribution in [3.8, 4) is 0 Å². The van der Waals surface area contributed by atoms with Gasteiger partial charge in [0.2, 0.25) is 11.6 Å². The maximum absolute atomic E-state index is 11.0. The predicted octanol–water partition coefficient (Wildman–Crippen LogP) is 1.30. The Morgan fingerprint density at radius 1 is 1.42 bits per heavy atom. The van der Waals surface area contributed by atoms with E-state index in [-0.39, 0.29) is 23.4 Å². The molecule has 2 heterocycles. The Balaban J connectivity index is 2.32. The highest BCUT2D eigenvalue weighted by Crippen LogP contribution is 2.31. The van der Waals surface area contributed by atoms with Gasteiger partial charge in [0.25, 0.3) is 0 Å². The highest BCUT2D eigenvalue weighted by atomic mass is 32.1. The van der Waals surface area contributed by atoms with Gasteiger partial charge in [0.05, 0.1) is 11.0 Å². The van der Waals surface area contributed by atoms with Gasteiger partial charge in [-0.15, -0.1) is 11.3 Å². The van der Waals surface area contributed by atoms with Gasteiger partial charge in [0.1, 0.15) is 11.3 Å². The van der Waals surface area contributed by atoms with Crippen LogP contribution in [0.25, 0.3) is 0 Å². The van der Waals surface area contributed by atoms with Crippen molar-refractivity contribution in [3.63, 3.8) is 0 Å². The molecule has 4 N–H and O–H groups in total. The number of hydrazine groups is 1. The van der Waals surface area contributed by atoms with E-state index in [0.717, 1.165) is 5.01 Å². The van der Waals surface area contributed by atoms with Gasteiger partial charge < -0.3 is 10.7 Å². The maximum Gasteiger partial charge on any atom is 0.354 e. The fourth-order valence-electron chi connectivity index (χ4n) is 1.48. The monoisotopic (exact) mass is 281 g/mol. The van der Waals surface area contributed by atoms with Crippen molar-refractivity contribution in [3.05, 3.63) is 33.0 Å². The number of nitrogen functional groups attached to an aromatic ring is 1. The van der Waals surface area contributed by atoms with E-state index >= 15 is 0 Å². The standard InChI is InChI=1S/C9H11N7O2S/c1-5(9-11-2-3-19-9)14-7-6(16(17)18)8(15-10)13-4-12-7/h2-5H,10H2,1H3,(H2,12,13,14,15). The van der Waals surface area contributed by atoms with Gasteiger partial charge in [0.15, 0.2) is 0 Å². The summed E-state index contributed by atoms with van der Waals surface area (Å²) in [5.41, 5.74) is 1.88. The number of hydrogen-bond acceptors (Lipinski definition) is 9. The van der Waals surface area contributed by atoms with Crippen LogP contribution in [0.15, 0.2) is 17.9 Å². The molecule has 19 heavy (non-hydrogen) atoms. The Morgan fingerprint density at radius 3 is 2.74 bits per heavy atom. The van der Waals surface area contributed by atoms with E-state index in [1.54, 1.807) is 6.20 Å². The molecule has 100 valence electrons. The summed E-state index contributed by atoms with van der Waals surface area (Å²) in [4.78, 5) is 22.2. The molecule has 9 nitrogen and oxygen atoms in total. The van der Waals surface area contributed by atoms with E-state index in [0.29, 0.717) is 0 Å². The van der Waals surface area contributed by atoms with Crippen LogP contribution in [-0.4, -0.2) is 19.9 Å². The van der Waals surface area contributed by atoms with Gasteiger partial charge in [-0.2, -0.15) is 0 Å². The Labute approximate surface area is 112 Å².